The van der Waals surface area contributed by atoms with Crippen LogP contribution in [0.3, 0.4) is 0 Å². The van der Waals surface area contributed by atoms with E-state index in [4.69, 9.17) is 5.11 Å². The summed E-state index contributed by atoms with van der Waals surface area (Å²) in [6.45, 7) is 2.72. The number of piperidine rings is 1. The maximum absolute atomic E-state index is 11.9. The summed E-state index contributed by atoms with van der Waals surface area (Å²) in [5.74, 6) is -0.654. The van der Waals surface area contributed by atoms with Crippen LogP contribution in [0.1, 0.15) is 29.0 Å². The Morgan fingerprint density at radius 2 is 1.90 bits per heavy atom. The minimum atomic E-state index is -0.813. The molecule has 0 saturated carbocycles. The van der Waals surface area contributed by atoms with Crippen molar-refractivity contribution in [3.8, 4) is 0 Å². The van der Waals surface area contributed by atoms with Crippen molar-refractivity contribution in [1.82, 2.24) is 10.2 Å². The highest BCUT2D eigenvalue weighted by molar-refractivity contribution is 7.12. The number of carbonyl (C=O) groups excluding carboxylic acids is 1. The molecule has 0 bridgehead atoms. The minimum absolute atomic E-state index is 0.0668. The molecular formula is C14H20N2O3S. The molecule has 0 radical (unpaired) electrons. The first kappa shape index (κ1) is 15.0. The lowest BCUT2D eigenvalue weighted by atomic mass is 10.1. The molecule has 0 spiro atoms. The number of likely N-dealkylation sites (tertiary alicyclic amines) is 1. The second-order valence-electron chi connectivity index (χ2n) is 4.98. The third-order valence-corrected chi connectivity index (χ3v) is 4.41. The molecule has 2 N–H and O–H groups in total. The molecule has 1 saturated heterocycles. The van der Waals surface area contributed by atoms with Crippen LogP contribution in [0.4, 0.5) is 0 Å². The van der Waals surface area contributed by atoms with Gasteiger partial charge in [0.25, 0.3) is 0 Å². The standard InChI is InChI=1S/C14H20N2O3S/c17-13(16-6-2-1-3-7-16)10-15-9-12-5-4-11(20-12)8-14(18)19/h4-5,15H,1-3,6-10H2,(H,18,19). The fraction of sp³-hybridized carbons (Fsp3) is 0.571. The zero-order valence-corrected chi connectivity index (χ0v) is 12.2. The number of thiophene rings is 1. The molecular weight excluding hydrogens is 276 g/mol. The first-order valence-corrected chi connectivity index (χ1v) is 7.74. The van der Waals surface area contributed by atoms with Gasteiger partial charge in [-0.05, 0) is 31.4 Å². The summed E-state index contributed by atoms with van der Waals surface area (Å²) in [6, 6.07) is 3.75. The first-order valence-electron chi connectivity index (χ1n) is 6.93. The molecule has 2 rings (SSSR count). The Hall–Kier alpha value is -1.40. The van der Waals surface area contributed by atoms with Crippen molar-refractivity contribution in [3.05, 3.63) is 21.9 Å². The highest BCUT2D eigenvalue weighted by Crippen LogP contribution is 2.16. The van der Waals surface area contributed by atoms with Gasteiger partial charge in [0.05, 0.1) is 13.0 Å². The number of nitrogens with zero attached hydrogens (tertiary/aromatic N) is 1. The van der Waals surface area contributed by atoms with E-state index in [9.17, 15) is 9.59 Å². The molecule has 20 heavy (non-hydrogen) atoms. The van der Waals surface area contributed by atoms with E-state index in [0.29, 0.717) is 13.1 Å². The van der Waals surface area contributed by atoms with E-state index in [1.807, 2.05) is 17.0 Å². The quantitative estimate of drug-likeness (QED) is 0.834. The molecule has 1 fully saturated rings. The molecule has 1 aromatic rings. The number of carboxylic acid groups (broad SMARTS) is 1. The van der Waals surface area contributed by atoms with Crippen LogP contribution < -0.4 is 5.32 Å². The monoisotopic (exact) mass is 296 g/mol. The highest BCUT2D eigenvalue weighted by atomic mass is 32.1. The summed E-state index contributed by atoms with van der Waals surface area (Å²) in [6.07, 6.45) is 3.50. The molecule has 5 nitrogen and oxygen atoms in total. The van der Waals surface area contributed by atoms with Crippen LogP contribution in [0.25, 0.3) is 0 Å². The molecule has 0 aromatic carbocycles. The van der Waals surface area contributed by atoms with Gasteiger partial charge in [-0.1, -0.05) is 0 Å². The Balaban J connectivity index is 1.70. The Morgan fingerprint density at radius 1 is 1.20 bits per heavy atom. The van der Waals surface area contributed by atoms with Crippen molar-refractivity contribution in [1.29, 1.82) is 0 Å². The number of hydrogen-bond acceptors (Lipinski definition) is 4. The van der Waals surface area contributed by atoms with E-state index in [1.54, 1.807) is 0 Å². The van der Waals surface area contributed by atoms with Crippen molar-refractivity contribution < 1.29 is 14.7 Å². The minimum Gasteiger partial charge on any atom is -0.481 e. The van der Waals surface area contributed by atoms with Gasteiger partial charge >= 0.3 is 5.97 Å². The van der Waals surface area contributed by atoms with Crippen LogP contribution in [0, 0.1) is 0 Å². The van der Waals surface area contributed by atoms with Crippen LogP contribution in [-0.4, -0.2) is 41.5 Å². The molecule has 1 aliphatic heterocycles. The fourth-order valence-corrected chi connectivity index (χ4v) is 3.29. The molecule has 0 unspecified atom stereocenters. The van der Waals surface area contributed by atoms with Crippen molar-refractivity contribution in [2.24, 2.45) is 0 Å². The predicted molar refractivity (Wildman–Crippen MR) is 77.8 cm³/mol. The molecule has 0 atom stereocenters. The van der Waals surface area contributed by atoms with Crippen LogP contribution in [0.2, 0.25) is 0 Å². The largest absolute Gasteiger partial charge is 0.481 e. The van der Waals surface area contributed by atoms with E-state index >= 15 is 0 Å². The number of amides is 1. The second-order valence-corrected chi connectivity index (χ2v) is 6.24. The molecule has 110 valence electrons. The maximum atomic E-state index is 11.9. The zero-order valence-electron chi connectivity index (χ0n) is 11.4. The lowest BCUT2D eigenvalue weighted by molar-refractivity contribution is -0.136. The number of hydrogen-bond donors (Lipinski definition) is 2. The number of carbonyl (C=O) groups is 2. The second kappa shape index (κ2) is 7.40. The summed E-state index contributed by atoms with van der Waals surface area (Å²) < 4.78 is 0. The van der Waals surface area contributed by atoms with Crippen LogP contribution in [0.15, 0.2) is 12.1 Å². The van der Waals surface area contributed by atoms with E-state index in [-0.39, 0.29) is 12.3 Å². The summed E-state index contributed by atoms with van der Waals surface area (Å²) in [5.41, 5.74) is 0. The predicted octanol–water partition coefficient (Wildman–Crippen LogP) is 1.48. The van der Waals surface area contributed by atoms with Gasteiger partial charge < -0.3 is 15.3 Å². The van der Waals surface area contributed by atoms with Gasteiger partial charge in [-0.15, -0.1) is 11.3 Å². The van der Waals surface area contributed by atoms with Crippen molar-refractivity contribution in [2.75, 3.05) is 19.6 Å². The van der Waals surface area contributed by atoms with E-state index in [1.165, 1.54) is 17.8 Å². The maximum Gasteiger partial charge on any atom is 0.308 e. The SMILES string of the molecule is O=C(O)Cc1ccc(CNCC(=O)N2CCCCC2)s1. The number of rotatable bonds is 6. The molecule has 2 heterocycles. The van der Waals surface area contributed by atoms with E-state index in [0.717, 1.165) is 35.7 Å². The lowest BCUT2D eigenvalue weighted by Crippen LogP contribution is -2.40. The van der Waals surface area contributed by atoms with Crippen LogP contribution in [-0.2, 0) is 22.6 Å². The Labute approximate surface area is 122 Å². The van der Waals surface area contributed by atoms with Crippen LogP contribution in [0.5, 0.6) is 0 Å². The van der Waals surface area contributed by atoms with Crippen LogP contribution >= 0.6 is 11.3 Å². The summed E-state index contributed by atoms with van der Waals surface area (Å²) in [5, 5.41) is 11.8. The number of carboxylic acids is 1. The van der Waals surface area contributed by atoms with E-state index < -0.39 is 5.97 Å². The molecule has 1 aromatic heterocycles. The molecule has 1 aliphatic rings. The Bertz CT molecular complexity index is 467. The van der Waals surface area contributed by atoms with Crippen molar-refractivity contribution in [3.63, 3.8) is 0 Å². The highest BCUT2D eigenvalue weighted by Gasteiger charge is 2.15. The summed E-state index contributed by atoms with van der Waals surface area (Å²) in [7, 11) is 0. The van der Waals surface area contributed by atoms with E-state index in [2.05, 4.69) is 5.32 Å². The third-order valence-electron chi connectivity index (χ3n) is 3.33. The van der Waals surface area contributed by atoms with Gasteiger partial charge in [-0.2, -0.15) is 0 Å². The fourth-order valence-electron chi connectivity index (χ4n) is 2.31. The average Bonchev–Trinajstić information content (AvgIpc) is 2.86. The number of aliphatic carboxylic acids is 1. The molecule has 6 heteroatoms. The molecule has 1 amide bonds. The topological polar surface area (TPSA) is 69.6 Å². The summed E-state index contributed by atoms with van der Waals surface area (Å²) >= 11 is 1.48. The van der Waals surface area contributed by atoms with Gasteiger partial charge in [0.15, 0.2) is 0 Å². The Morgan fingerprint density at radius 3 is 2.60 bits per heavy atom. The third kappa shape index (κ3) is 4.61. The normalized spacial score (nSPS) is 15.3. The van der Waals surface area contributed by atoms with Crippen molar-refractivity contribution in [2.45, 2.75) is 32.2 Å². The smallest absolute Gasteiger partial charge is 0.308 e. The number of nitrogens with one attached hydrogen (secondary N) is 1. The lowest BCUT2D eigenvalue weighted by Gasteiger charge is -2.26. The average molecular weight is 296 g/mol. The van der Waals surface area contributed by atoms with Gasteiger partial charge in [0.1, 0.15) is 0 Å². The first-order chi connectivity index (χ1) is 9.65. The zero-order chi connectivity index (χ0) is 14.4. The Kier molecular flexibility index (Phi) is 5.55. The van der Waals surface area contributed by atoms with Crippen molar-refractivity contribution >= 4 is 23.2 Å². The van der Waals surface area contributed by atoms with Gasteiger partial charge in [-0.3, -0.25) is 9.59 Å². The molecule has 0 aliphatic carbocycles. The van der Waals surface area contributed by atoms with Gasteiger partial charge in [-0.25, -0.2) is 0 Å². The van der Waals surface area contributed by atoms with Gasteiger partial charge in [0, 0.05) is 29.4 Å². The summed E-state index contributed by atoms with van der Waals surface area (Å²) in [4.78, 5) is 26.3. The van der Waals surface area contributed by atoms with Gasteiger partial charge in [0.2, 0.25) is 5.91 Å².